The molecule has 24 heavy (non-hydrogen) atoms. The number of aromatic nitrogens is 4. The van der Waals surface area contributed by atoms with Crippen molar-refractivity contribution in [3.8, 4) is 0 Å². The molecule has 1 aliphatic heterocycles. The first kappa shape index (κ1) is 15.5. The van der Waals surface area contributed by atoms with Crippen LogP contribution in [0.3, 0.4) is 0 Å². The molecule has 4 rings (SSSR count). The van der Waals surface area contributed by atoms with Crippen LogP contribution < -0.4 is 4.90 Å². The summed E-state index contributed by atoms with van der Waals surface area (Å²) < 4.78 is 10.3. The Kier molecular flexibility index (Phi) is 4.40. The quantitative estimate of drug-likeness (QED) is 0.782. The second-order valence-electron chi connectivity index (χ2n) is 6.35. The molecule has 0 radical (unpaired) electrons. The first-order chi connectivity index (χ1) is 11.8. The first-order valence-electron chi connectivity index (χ1n) is 8.42. The lowest BCUT2D eigenvalue weighted by Crippen LogP contribution is -2.46. The Morgan fingerprint density at radius 2 is 2.04 bits per heavy atom. The van der Waals surface area contributed by atoms with Crippen LogP contribution in [0.1, 0.15) is 36.3 Å². The van der Waals surface area contributed by atoms with Gasteiger partial charge in [-0.05, 0) is 18.9 Å². The number of rotatable bonds is 6. The summed E-state index contributed by atoms with van der Waals surface area (Å²) in [6.45, 7) is 4.85. The third kappa shape index (κ3) is 3.54. The van der Waals surface area contributed by atoms with Crippen molar-refractivity contribution in [1.82, 2.24) is 25.0 Å². The summed E-state index contributed by atoms with van der Waals surface area (Å²) in [5, 5.41) is 3.90. The lowest BCUT2D eigenvalue weighted by atomic mass is 10.3. The Morgan fingerprint density at radius 3 is 2.79 bits per heavy atom. The van der Waals surface area contributed by atoms with E-state index in [2.05, 4.69) is 24.9 Å². The fraction of sp³-hybridized carbons (Fsp3) is 0.625. The molecule has 8 nitrogen and oxygen atoms in total. The summed E-state index contributed by atoms with van der Waals surface area (Å²) in [5.74, 6) is 3.89. The average Bonchev–Trinajstić information content (AvgIpc) is 3.38. The van der Waals surface area contributed by atoms with Crippen LogP contribution in [-0.2, 0) is 17.9 Å². The summed E-state index contributed by atoms with van der Waals surface area (Å²) >= 11 is 0. The first-order valence-corrected chi connectivity index (χ1v) is 8.42. The largest absolute Gasteiger partial charge is 0.377 e. The van der Waals surface area contributed by atoms with Crippen LogP contribution in [0.2, 0.25) is 0 Å². The SMILES string of the molecule is COCc1noc(CN2CCN(c3ccnc(C4CC4)n3)CC2)n1. The fourth-order valence-corrected chi connectivity index (χ4v) is 2.95. The van der Waals surface area contributed by atoms with Crippen LogP contribution in [0.5, 0.6) is 0 Å². The number of nitrogens with zero attached hydrogens (tertiary/aromatic N) is 6. The second-order valence-corrected chi connectivity index (χ2v) is 6.35. The molecule has 0 N–H and O–H groups in total. The van der Waals surface area contributed by atoms with Gasteiger partial charge in [0.05, 0.1) is 6.54 Å². The van der Waals surface area contributed by atoms with Gasteiger partial charge in [-0.2, -0.15) is 4.98 Å². The highest BCUT2D eigenvalue weighted by Gasteiger charge is 2.27. The Morgan fingerprint density at radius 1 is 1.21 bits per heavy atom. The Labute approximate surface area is 140 Å². The highest BCUT2D eigenvalue weighted by molar-refractivity contribution is 5.38. The zero-order valence-electron chi connectivity index (χ0n) is 13.9. The Bertz CT molecular complexity index is 679. The summed E-state index contributed by atoms with van der Waals surface area (Å²) in [5.41, 5.74) is 0. The lowest BCUT2D eigenvalue weighted by Gasteiger charge is -2.34. The Hall–Kier alpha value is -2.06. The molecule has 0 aromatic carbocycles. The van der Waals surface area contributed by atoms with E-state index in [0.717, 1.165) is 37.8 Å². The van der Waals surface area contributed by atoms with E-state index in [-0.39, 0.29) is 0 Å². The zero-order chi connectivity index (χ0) is 16.4. The van der Waals surface area contributed by atoms with Gasteiger partial charge in [0.1, 0.15) is 18.2 Å². The van der Waals surface area contributed by atoms with Crippen molar-refractivity contribution in [2.75, 3.05) is 38.2 Å². The molecule has 1 saturated carbocycles. The van der Waals surface area contributed by atoms with E-state index in [4.69, 9.17) is 14.2 Å². The van der Waals surface area contributed by atoms with Crippen LogP contribution in [0, 0.1) is 0 Å². The molecule has 0 atom stereocenters. The number of piperazine rings is 1. The monoisotopic (exact) mass is 330 g/mol. The van der Waals surface area contributed by atoms with E-state index in [1.807, 2.05) is 12.3 Å². The summed E-state index contributed by atoms with van der Waals surface area (Å²) in [4.78, 5) is 18.1. The molecule has 0 bridgehead atoms. The van der Waals surface area contributed by atoms with E-state index < -0.39 is 0 Å². The number of methoxy groups -OCH3 is 1. The fourth-order valence-electron chi connectivity index (χ4n) is 2.95. The molecule has 2 fully saturated rings. The molecule has 8 heteroatoms. The van der Waals surface area contributed by atoms with Crippen molar-refractivity contribution >= 4 is 5.82 Å². The van der Waals surface area contributed by atoms with Gasteiger partial charge in [0.2, 0.25) is 5.89 Å². The molecular weight excluding hydrogens is 308 g/mol. The molecular formula is C16H22N6O2. The maximum absolute atomic E-state index is 5.26. The van der Waals surface area contributed by atoms with Gasteiger partial charge in [0, 0.05) is 45.4 Å². The molecule has 2 aromatic heterocycles. The highest BCUT2D eigenvalue weighted by atomic mass is 16.5. The van der Waals surface area contributed by atoms with Crippen molar-refractivity contribution in [2.45, 2.75) is 31.9 Å². The second kappa shape index (κ2) is 6.82. The summed E-state index contributed by atoms with van der Waals surface area (Å²) in [6, 6.07) is 2.01. The zero-order valence-corrected chi connectivity index (χ0v) is 13.9. The Balaban J connectivity index is 1.32. The number of hydrogen-bond donors (Lipinski definition) is 0. The predicted octanol–water partition coefficient (Wildman–Crippen LogP) is 1.21. The minimum absolute atomic E-state index is 0.383. The van der Waals surface area contributed by atoms with Crippen molar-refractivity contribution in [1.29, 1.82) is 0 Å². The smallest absolute Gasteiger partial charge is 0.240 e. The van der Waals surface area contributed by atoms with Gasteiger partial charge in [-0.15, -0.1) is 0 Å². The standard InChI is InChI=1S/C16H22N6O2/c1-23-11-13-18-15(24-20-13)10-21-6-8-22(9-7-21)14-4-5-17-16(19-14)12-2-3-12/h4-5,12H,2-3,6-11H2,1H3. The number of hydrogen-bond acceptors (Lipinski definition) is 8. The van der Waals surface area contributed by atoms with Gasteiger partial charge in [-0.25, -0.2) is 9.97 Å². The van der Waals surface area contributed by atoms with Gasteiger partial charge in [-0.3, -0.25) is 4.90 Å². The molecule has 0 spiro atoms. The molecule has 2 aromatic rings. The predicted molar refractivity (Wildman–Crippen MR) is 86.5 cm³/mol. The number of ether oxygens (including phenoxy) is 1. The van der Waals surface area contributed by atoms with E-state index in [9.17, 15) is 0 Å². The third-order valence-corrected chi connectivity index (χ3v) is 4.44. The van der Waals surface area contributed by atoms with Crippen LogP contribution in [0.25, 0.3) is 0 Å². The average molecular weight is 330 g/mol. The van der Waals surface area contributed by atoms with Gasteiger partial charge in [0.15, 0.2) is 5.82 Å². The van der Waals surface area contributed by atoms with E-state index >= 15 is 0 Å². The van der Waals surface area contributed by atoms with E-state index in [0.29, 0.717) is 30.8 Å². The van der Waals surface area contributed by atoms with Crippen LogP contribution in [0.4, 0.5) is 5.82 Å². The summed E-state index contributed by atoms with van der Waals surface area (Å²) in [7, 11) is 1.62. The molecule has 1 aliphatic carbocycles. The van der Waals surface area contributed by atoms with Crippen molar-refractivity contribution < 1.29 is 9.26 Å². The van der Waals surface area contributed by atoms with Crippen molar-refractivity contribution in [2.24, 2.45) is 0 Å². The third-order valence-electron chi connectivity index (χ3n) is 4.44. The van der Waals surface area contributed by atoms with Crippen molar-refractivity contribution in [3.05, 3.63) is 29.8 Å². The van der Waals surface area contributed by atoms with E-state index in [1.54, 1.807) is 7.11 Å². The van der Waals surface area contributed by atoms with Crippen LogP contribution >= 0.6 is 0 Å². The molecule has 1 saturated heterocycles. The molecule has 0 amide bonds. The minimum Gasteiger partial charge on any atom is -0.377 e. The summed E-state index contributed by atoms with van der Waals surface area (Å²) in [6.07, 6.45) is 4.34. The molecule has 3 heterocycles. The van der Waals surface area contributed by atoms with Gasteiger partial charge >= 0.3 is 0 Å². The normalized spacial score (nSPS) is 19.0. The van der Waals surface area contributed by atoms with E-state index in [1.165, 1.54) is 12.8 Å². The van der Waals surface area contributed by atoms with Crippen LogP contribution in [-0.4, -0.2) is 58.3 Å². The van der Waals surface area contributed by atoms with Gasteiger partial charge in [-0.1, -0.05) is 5.16 Å². The number of anilines is 1. The topological polar surface area (TPSA) is 80.4 Å². The lowest BCUT2D eigenvalue weighted by molar-refractivity contribution is 0.174. The maximum atomic E-state index is 5.26. The molecule has 0 unspecified atom stereocenters. The highest BCUT2D eigenvalue weighted by Crippen LogP contribution is 2.38. The molecule has 2 aliphatic rings. The van der Waals surface area contributed by atoms with Gasteiger partial charge in [0.25, 0.3) is 0 Å². The molecule has 128 valence electrons. The van der Waals surface area contributed by atoms with Crippen molar-refractivity contribution in [3.63, 3.8) is 0 Å². The minimum atomic E-state index is 0.383. The maximum Gasteiger partial charge on any atom is 0.240 e. The van der Waals surface area contributed by atoms with Crippen LogP contribution in [0.15, 0.2) is 16.8 Å². The van der Waals surface area contributed by atoms with Gasteiger partial charge < -0.3 is 14.2 Å².